The van der Waals surface area contributed by atoms with E-state index in [2.05, 4.69) is 0 Å². The molecule has 0 heterocycles. The first-order valence-corrected chi connectivity index (χ1v) is 6.24. The molecule has 3 nitrogen and oxygen atoms in total. The molecule has 0 saturated heterocycles. The van der Waals surface area contributed by atoms with Gasteiger partial charge in [0.2, 0.25) is 5.78 Å². The van der Waals surface area contributed by atoms with E-state index < -0.39 is 29.8 Å². The van der Waals surface area contributed by atoms with Gasteiger partial charge in [0.25, 0.3) is 0 Å². The van der Waals surface area contributed by atoms with Crippen molar-refractivity contribution >= 4 is 11.8 Å². The second-order valence-electron chi connectivity index (χ2n) is 4.40. The largest absolute Gasteiger partial charge is 0.455 e. The summed E-state index contributed by atoms with van der Waals surface area (Å²) in [5, 5.41) is 0. The second-order valence-corrected chi connectivity index (χ2v) is 4.40. The van der Waals surface area contributed by atoms with Crippen LogP contribution in [0.5, 0.6) is 0 Å². The number of hydrogen-bond acceptors (Lipinski definition) is 3. The Hall–Kier alpha value is -2.56. The van der Waals surface area contributed by atoms with Gasteiger partial charge in [-0.1, -0.05) is 30.3 Å². The number of carbonyl (C=O) groups excluding carboxylic acids is 2. The molecule has 0 amide bonds. The SMILES string of the molecule is O=C(Cc1cc(F)ccc1F)C(=O)OCc1ccccc1. The van der Waals surface area contributed by atoms with Gasteiger partial charge in [0.1, 0.15) is 18.2 Å². The van der Waals surface area contributed by atoms with Crippen molar-refractivity contribution in [3.05, 3.63) is 71.3 Å². The van der Waals surface area contributed by atoms with Crippen molar-refractivity contribution in [3.63, 3.8) is 0 Å². The lowest BCUT2D eigenvalue weighted by Crippen LogP contribution is -2.20. The van der Waals surface area contributed by atoms with E-state index in [-0.39, 0.29) is 12.2 Å². The Morgan fingerprint density at radius 2 is 1.71 bits per heavy atom. The summed E-state index contributed by atoms with van der Waals surface area (Å²) in [6.07, 6.45) is -0.531. The minimum Gasteiger partial charge on any atom is -0.455 e. The number of esters is 1. The van der Waals surface area contributed by atoms with E-state index in [1.807, 2.05) is 6.07 Å². The zero-order chi connectivity index (χ0) is 15.2. The maximum Gasteiger partial charge on any atom is 0.375 e. The van der Waals surface area contributed by atoms with Gasteiger partial charge in [-0.3, -0.25) is 4.79 Å². The fourth-order valence-electron chi connectivity index (χ4n) is 1.73. The summed E-state index contributed by atoms with van der Waals surface area (Å²) in [6.45, 7) is -0.0446. The van der Waals surface area contributed by atoms with E-state index in [0.29, 0.717) is 0 Å². The molecule has 2 rings (SSSR count). The Kier molecular flexibility index (Phi) is 4.77. The van der Waals surface area contributed by atoms with E-state index >= 15 is 0 Å². The molecule has 0 spiro atoms. The molecular formula is C16H12F2O3. The molecule has 0 aliphatic heterocycles. The Bertz CT molecular complexity index is 654. The molecular weight excluding hydrogens is 278 g/mol. The molecule has 0 aliphatic carbocycles. The van der Waals surface area contributed by atoms with E-state index in [1.165, 1.54) is 0 Å². The molecule has 0 aromatic heterocycles. The molecule has 2 aromatic carbocycles. The average Bonchev–Trinajstić information content (AvgIpc) is 2.49. The van der Waals surface area contributed by atoms with Crippen LogP contribution >= 0.6 is 0 Å². The van der Waals surface area contributed by atoms with Gasteiger partial charge in [0, 0.05) is 6.42 Å². The first kappa shape index (κ1) is 14.8. The Morgan fingerprint density at radius 3 is 2.43 bits per heavy atom. The highest BCUT2D eigenvalue weighted by atomic mass is 19.1. The molecule has 0 fully saturated rings. The number of halogens is 2. The molecule has 108 valence electrons. The zero-order valence-corrected chi connectivity index (χ0v) is 11.0. The van der Waals surface area contributed by atoms with Gasteiger partial charge in [-0.2, -0.15) is 0 Å². The number of Topliss-reactive ketones (excluding diaryl/α,β-unsaturated/α-hetero) is 1. The smallest absolute Gasteiger partial charge is 0.375 e. The predicted octanol–water partition coefficient (Wildman–Crippen LogP) is 2.82. The normalized spacial score (nSPS) is 10.2. The third kappa shape index (κ3) is 4.21. The monoisotopic (exact) mass is 290 g/mol. The molecule has 0 N–H and O–H groups in total. The summed E-state index contributed by atoms with van der Waals surface area (Å²) in [5.74, 6) is -3.39. The molecule has 2 aromatic rings. The molecule has 0 radical (unpaired) electrons. The molecule has 0 saturated carbocycles. The van der Waals surface area contributed by atoms with Gasteiger partial charge in [-0.15, -0.1) is 0 Å². The van der Waals surface area contributed by atoms with E-state index in [0.717, 1.165) is 23.8 Å². The summed E-state index contributed by atoms with van der Waals surface area (Å²) >= 11 is 0. The minimum atomic E-state index is -1.07. The number of ether oxygens (including phenoxy) is 1. The van der Waals surface area contributed by atoms with Crippen LogP contribution in [-0.4, -0.2) is 11.8 Å². The summed E-state index contributed by atoms with van der Waals surface area (Å²) in [5.41, 5.74) is 0.562. The first-order valence-electron chi connectivity index (χ1n) is 6.24. The van der Waals surface area contributed by atoms with Crippen LogP contribution in [0.4, 0.5) is 8.78 Å². The Labute approximate surface area is 120 Å². The van der Waals surface area contributed by atoms with E-state index in [9.17, 15) is 18.4 Å². The number of rotatable bonds is 5. The average molecular weight is 290 g/mol. The van der Waals surface area contributed by atoms with Gasteiger partial charge in [0.05, 0.1) is 0 Å². The van der Waals surface area contributed by atoms with Crippen LogP contribution in [0.2, 0.25) is 0 Å². The van der Waals surface area contributed by atoms with E-state index in [1.54, 1.807) is 24.3 Å². The molecule has 0 aliphatic rings. The van der Waals surface area contributed by atoms with Crippen molar-refractivity contribution in [3.8, 4) is 0 Å². The predicted molar refractivity (Wildman–Crippen MR) is 71.3 cm³/mol. The van der Waals surface area contributed by atoms with Crippen molar-refractivity contribution in [2.45, 2.75) is 13.0 Å². The van der Waals surface area contributed by atoms with Crippen LogP contribution in [0.15, 0.2) is 48.5 Å². The van der Waals surface area contributed by atoms with Crippen molar-refractivity contribution in [1.29, 1.82) is 0 Å². The maximum atomic E-state index is 13.4. The van der Waals surface area contributed by atoms with Crippen LogP contribution in [-0.2, 0) is 27.4 Å². The summed E-state index contributed by atoms with van der Waals surface area (Å²) in [4.78, 5) is 23.2. The number of ketones is 1. The van der Waals surface area contributed by atoms with Crippen LogP contribution in [0.3, 0.4) is 0 Å². The fourth-order valence-corrected chi connectivity index (χ4v) is 1.73. The first-order chi connectivity index (χ1) is 10.1. The number of benzene rings is 2. The molecule has 5 heteroatoms. The standard InChI is InChI=1S/C16H12F2O3/c17-13-6-7-14(18)12(8-13)9-15(19)16(20)21-10-11-4-2-1-3-5-11/h1-8H,9-10H2. The third-order valence-electron chi connectivity index (χ3n) is 2.80. The molecule has 21 heavy (non-hydrogen) atoms. The number of carbonyl (C=O) groups is 2. The molecule has 0 bridgehead atoms. The number of hydrogen-bond donors (Lipinski definition) is 0. The van der Waals surface area contributed by atoms with Crippen LogP contribution < -0.4 is 0 Å². The van der Waals surface area contributed by atoms with Gasteiger partial charge < -0.3 is 4.74 Å². The summed E-state index contributed by atoms with van der Waals surface area (Å²) in [7, 11) is 0. The maximum absolute atomic E-state index is 13.4. The summed E-state index contributed by atoms with van der Waals surface area (Å²) < 4.78 is 31.2. The zero-order valence-electron chi connectivity index (χ0n) is 11.0. The Balaban J connectivity index is 1.94. The lowest BCUT2D eigenvalue weighted by molar-refractivity contribution is -0.154. The minimum absolute atomic E-state index is 0.0446. The second kappa shape index (κ2) is 6.74. The van der Waals surface area contributed by atoms with Crippen LogP contribution in [0, 0.1) is 11.6 Å². The van der Waals surface area contributed by atoms with Gasteiger partial charge >= 0.3 is 5.97 Å². The lowest BCUT2D eigenvalue weighted by Gasteiger charge is -2.05. The third-order valence-corrected chi connectivity index (χ3v) is 2.80. The lowest BCUT2D eigenvalue weighted by atomic mass is 10.1. The van der Waals surface area contributed by atoms with Crippen molar-refractivity contribution in [1.82, 2.24) is 0 Å². The van der Waals surface area contributed by atoms with Crippen molar-refractivity contribution in [2.24, 2.45) is 0 Å². The highest BCUT2D eigenvalue weighted by molar-refractivity contribution is 6.34. The van der Waals surface area contributed by atoms with Crippen LogP contribution in [0.25, 0.3) is 0 Å². The molecule has 0 atom stereocenters. The quantitative estimate of drug-likeness (QED) is 0.628. The van der Waals surface area contributed by atoms with Gasteiger partial charge in [0.15, 0.2) is 0 Å². The van der Waals surface area contributed by atoms with Gasteiger partial charge in [-0.25, -0.2) is 13.6 Å². The topological polar surface area (TPSA) is 43.4 Å². The highest BCUT2D eigenvalue weighted by Crippen LogP contribution is 2.11. The highest BCUT2D eigenvalue weighted by Gasteiger charge is 2.18. The Morgan fingerprint density at radius 1 is 1.00 bits per heavy atom. The van der Waals surface area contributed by atoms with Gasteiger partial charge in [-0.05, 0) is 29.3 Å². The summed E-state index contributed by atoms with van der Waals surface area (Å²) in [6, 6.07) is 11.6. The van der Waals surface area contributed by atoms with Crippen molar-refractivity contribution in [2.75, 3.05) is 0 Å². The fraction of sp³-hybridized carbons (Fsp3) is 0.125. The van der Waals surface area contributed by atoms with E-state index in [4.69, 9.17) is 4.74 Å². The van der Waals surface area contributed by atoms with Crippen molar-refractivity contribution < 1.29 is 23.1 Å². The molecule has 0 unspecified atom stereocenters. The van der Waals surface area contributed by atoms with Crippen LogP contribution in [0.1, 0.15) is 11.1 Å².